The maximum absolute atomic E-state index is 15.1. The van der Waals surface area contributed by atoms with Crippen LogP contribution in [0.25, 0.3) is 22.3 Å². The minimum Gasteiger partial charge on any atom is -0.486 e. The third-order valence-electron chi connectivity index (χ3n) is 5.60. The molecule has 0 bridgehead atoms. The molecule has 7 heteroatoms. The summed E-state index contributed by atoms with van der Waals surface area (Å²) in [6.07, 6.45) is 5.72. The molecule has 0 aliphatic carbocycles. The lowest BCUT2D eigenvalue weighted by Crippen LogP contribution is -2.42. The minimum absolute atomic E-state index is 0.401. The Morgan fingerprint density at radius 3 is 2.79 bits per heavy atom. The van der Waals surface area contributed by atoms with Crippen molar-refractivity contribution in [1.29, 1.82) is 0 Å². The smallest absolute Gasteiger partial charge is 0.162 e. The van der Waals surface area contributed by atoms with Crippen LogP contribution >= 0.6 is 0 Å². The van der Waals surface area contributed by atoms with Crippen molar-refractivity contribution in [1.82, 2.24) is 20.3 Å². The SMILES string of the molecule is FC1(CCc2nc(-c3ccc4c(c3)OCCO4)cc3nccnc23)CCCNC1. The van der Waals surface area contributed by atoms with Crippen molar-refractivity contribution in [3.63, 3.8) is 0 Å². The predicted octanol–water partition coefficient (Wildman–Crippen LogP) is 3.49. The number of fused-ring (bicyclic) bond motifs is 2. The summed E-state index contributed by atoms with van der Waals surface area (Å²) < 4.78 is 26.4. The number of alkyl halides is 1. The topological polar surface area (TPSA) is 69.2 Å². The Kier molecular flexibility index (Phi) is 4.75. The summed E-state index contributed by atoms with van der Waals surface area (Å²) in [7, 11) is 0. The van der Waals surface area contributed by atoms with Crippen molar-refractivity contribution < 1.29 is 13.9 Å². The van der Waals surface area contributed by atoms with E-state index in [0.29, 0.717) is 44.8 Å². The number of nitrogens with zero attached hydrogens (tertiary/aromatic N) is 3. The van der Waals surface area contributed by atoms with E-state index in [1.165, 1.54) is 0 Å². The van der Waals surface area contributed by atoms with Crippen LogP contribution in [0.2, 0.25) is 0 Å². The zero-order valence-corrected chi connectivity index (χ0v) is 16.2. The summed E-state index contributed by atoms with van der Waals surface area (Å²) in [6.45, 7) is 2.38. The van der Waals surface area contributed by atoms with Crippen LogP contribution in [0.15, 0.2) is 36.7 Å². The van der Waals surface area contributed by atoms with Crippen molar-refractivity contribution in [3.05, 3.63) is 42.4 Å². The molecule has 1 unspecified atom stereocenters. The van der Waals surface area contributed by atoms with Gasteiger partial charge in [0.1, 0.15) is 24.4 Å². The number of halogens is 1. The molecule has 2 aromatic heterocycles. The van der Waals surface area contributed by atoms with E-state index >= 15 is 4.39 Å². The number of pyridine rings is 1. The van der Waals surface area contributed by atoms with Crippen LogP contribution in [0.3, 0.4) is 0 Å². The van der Waals surface area contributed by atoms with Crippen molar-refractivity contribution >= 4 is 11.0 Å². The van der Waals surface area contributed by atoms with Crippen LogP contribution in [0.5, 0.6) is 11.5 Å². The van der Waals surface area contributed by atoms with Gasteiger partial charge in [-0.25, -0.2) is 4.39 Å². The first kappa shape index (κ1) is 18.2. The molecular formula is C22H23FN4O2. The molecule has 29 heavy (non-hydrogen) atoms. The molecule has 4 heterocycles. The van der Waals surface area contributed by atoms with Gasteiger partial charge in [0.2, 0.25) is 0 Å². The molecule has 3 aromatic rings. The second-order valence-electron chi connectivity index (χ2n) is 7.67. The first-order valence-corrected chi connectivity index (χ1v) is 10.1. The fourth-order valence-electron chi connectivity index (χ4n) is 4.05. The third-order valence-corrected chi connectivity index (χ3v) is 5.60. The van der Waals surface area contributed by atoms with E-state index in [2.05, 4.69) is 15.3 Å². The van der Waals surface area contributed by atoms with Gasteiger partial charge < -0.3 is 14.8 Å². The predicted molar refractivity (Wildman–Crippen MR) is 108 cm³/mol. The Bertz CT molecular complexity index is 1040. The fraction of sp³-hybridized carbons (Fsp3) is 0.409. The summed E-state index contributed by atoms with van der Waals surface area (Å²) in [5, 5.41) is 3.17. The zero-order valence-electron chi connectivity index (χ0n) is 16.2. The van der Waals surface area contributed by atoms with Crippen LogP contribution in [0.1, 0.15) is 25.0 Å². The summed E-state index contributed by atoms with van der Waals surface area (Å²) in [6, 6.07) is 7.72. The Hall–Kier alpha value is -2.80. The van der Waals surface area contributed by atoms with E-state index in [1.54, 1.807) is 12.4 Å². The highest BCUT2D eigenvalue weighted by atomic mass is 19.1. The van der Waals surface area contributed by atoms with Gasteiger partial charge in [0.25, 0.3) is 0 Å². The number of hydrogen-bond donors (Lipinski definition) is 1. The van der Waals surface area contributed by atoms with E-state index in [0.717, 1.165) is 46.7 Å². The lowest BCUT2D eigenvalue weighted by atomic mass is 9.90. The monoisotopic (exact) mass is 394 g/mol. The molecule has 1 fully saturated rings. The van der Waals surface area contributed by atoms with Gasteiger partial charge in [-0.05, 0) is 56.5 Å². The molecule has 0 saturated carbocycles. The molecule has 0 radical (unpaired) electrons. The van der Waals surface area contributed by atoms with Crippen molar-refractivity contribution in [2.45, 2.75) is 31.4 Å². The quantitative estimate of drug-likeness (QED) is 0.731. The summed E-state index contributed by atoms with van der Waals surface area (Å²) in [4.78, 5) is 13.8. The van der Waals surface area contributed by atoms with Crippen LogP contribution < -0.4 is 14.8 Å². The Morgan fingerprint density at radius 2 is 1.93 bits per heavy atom. The van der Waals surface area contributed by atoms with Crippen LogP contribution in [0, 0.1) is 0 Å². The molecule has 1 saturated heterocycles. The van der Waals surface area contributed by atoms with Crippen molar-refractivity contribution in [2.75, 3.05) is 26.3 Å². The second kappa shape index (κ2) is 7.55. The highest BCUT2D eigenvalue weighted by molar-refractivity contribution is 5.81. The highest BCUT2D eigenvalue weighted by Crippen LogP contribution is 2.35. The van der Waals surface area contributed by atoms with Gasteiger partial charge in [-0.15, -0.1) is 0 Å². The Labute approximate surface area is 168 Å². The molecule has 2 aliphatic heterocycles. The molecule has 6 nitrogen and oxygen atoms in total. The molecule has 2 aliphatic rings. The molecule has 5 rings (SSSR count). The molecule has 1 N–H and O–H groups in total. The summed E-state index contributed by atoms with van der Waals surface area (Å²) >= 11 is 0. The third kappa shape index (κ3) is 3.74. The minimum atomic E-state index is -1.19. The Morgan fingerprint density at radius 1 is 1.07 bits per heavy atom. The maximum Gasteiger partial charge on any atom is 0.162 e. The lowest BCUT2D eigenvalue weighted by molar-refractivity contribution is 0.111. The van der Waals surface area contributed by atoms with Crippen LogP contribution in [-0.2, 0) is 6.42 Å². The maximum atomic E-state index is 15.1. The van der Waals surface area contributed by atoms with E-state index in [-0.39, 0.29) is 0 Å². The molecule has 1 aromatic carbocycles. The van der Waals surface area contributed by atoms with Crippen molar-refractivity contribution in [3.8, 4) is 22.8 Å². The average molecular weight is 394 g/mol. The number of nitrogens with one attached hydrogen (secondary N) is 1. The standard InChI is InChI=1S/C22H23FN4O2/c23-22(5-1-7-24-14-22)6-4-16-21-18(25-8-9-26-21)13-17(27-16)15-2-3-19-20(12-15)29-11-10-28-19/h2-3,8-9,12-13,24H,1,4-7,10-11,14H2. The number of benzene rings is 1. The Balaban J connectivity index is 1.50. The van der Waals surface area contributed by atoms with Gasteiger partial charge in [-0.2, -0.15) is 0 Å². The lowest BCUT2D eigenvalue weighted by Gasteiger charge is -2.30. The summed E-state index contributed by atoms with van der Waals surface area (Å²) in [5.41, 5.74) is 2.78. The van der Waals surface area contributed by atoms with Gasteiger partial charge >= 0.3 is 0 Å². The molecule has 0 spiro atoms. The van der Waals surface area contributed by atoms with E-state index in [9.17, 15) is 0 Å². The second-order valence-corrected chi connectivity index (χ2v) is 7.67. The van der Waals surface area contributed by atoms with E-state index < -0.39 is 5.67 Å². The fourth-order valence-corrected chi connectivity index (χ4v) is 4.05. The van der Waals surface area contributed by atoms with Gasteiger partial charge in [0, 0.05) is 24.5 Å². The van der Waals surface area contributed by atoms with Gasteiger partial charge in [-0.1, -0.05) is 0 Å². The number of aryl methyl sites for hydroxylation is 1. The molecule has 0 amide bonds. The van der Waals surface area contributed by atoms with E-state index in [4.69, 9.17) is 14.5 Å². The normalized spacial score (nSPS) is 21.3. The summed E-state index contributed by atoms with van der Waals surface area (Å²) in [5.74, 6) is 1.46. The average Bonchev–Trinajstić information content (AvgIpc) is 2.77. The molecule has 1 atom stereocenters. The molecular weight excluding hydrogens is 371 g/mol. The largest absolute Gasteiger partial charge is 0.486 e. The molecule has 150 valence electrons. The number of rotatable bonds is 4. The van der Waals surface area contributed by atoms with Crippen molar-refractivity contribution in [2.24, 2.45) is 0 Å². The first-order chi connectivity index (χ1) is 14.2. The number of ether oxygens (including phenoxy) is 2. The highest BCUT2D eigenvalue weighted by Gasteiger charge is 2.31. The van der Waals surface area contributed by atoms with Gasteiger partial charge in [0.05, 0.1) is 16.9 Å². The van der Waals surface area contributed by atoms with E-state index in [1.807, 2.05) is 24.3 Å². The number of hydrogen-bond acceptors (Lipinski definition) is 6. The first-order valence-electron chi connectivity index (χ1n) is 10.1. The van der Waals surface area contributed by atoms with Gasteiger partial charge in [-0.3, -0.25) is 15.0 Å². The van der Waals surface area contributed by atoms with Crippen LogP contribution in [0.4, 0.5) is 4.39 Å². The van der Waals surface area contributed by atoms with Gasteiger partial charge in [0.15, 0.2) is 11.5 Å². The van der Waals surface area contributed by atoms with Crippen LogP contribution in [-0.4, -0.2) is 46.9 Å². The number of aromatic nitrogens is 3. The number of piperidine rings is 1. The zero-order chi connectivity index (χ0) is 19.7.